The first-order valence-electron chi connectivity index (χ1n) is 13.0. The molecule has 0 amide bonds. The van der Waals surface area contributed by atoms with Crippen molar-refractivity contribution in [2.45, 2.75) is 64.7 Å². The third-order valence-electron chi connectivity index (χ3n) is 8.23. The van der Waals surface area contributed by atoms with Crippen molar-refractivity contribution < 1.29 is 0 Å². The molecule has 3 aliphatic rings. The molecule has 0 bridgehead atoms. The van der Waals surface area contributed by atoms with E-state index in [0.717, 1.165) is 18.3 Å². The first-order valence-corrected chi connectivity index (χ1v) is 13.0. The second-order valence-corrected chi connectivity index (χ2v) is 10.7. The summed E-state index contributed by atoms with van der Waals surface area (Å²) in [5, 5.41) is 1.47. The van der Waals surface area contributed by atoms with E-state index in [9.17, 15) is 0 Å². The first-order chi connectivity index (χ1) is 16.2. The fourth-order valence-electron chi connectivity index (χ4n) is 6.49. The quantitative estimate of drug-likeness (QED) is 0.389. The number of nitrogens with zero attached hydrogens (tertiary/aromatic N) is 1. The predicted octanol–water partition coefficient (Wildman–Crippen LogP) is 8.78. The van der Waals surface area contributed by atoms with Gasteiger partial charge in [0.25, 0.3) is 0 Å². The van der Waals surface area contributed by atoms with Gasteiger partial charge in [0.15, 0.2) is 0 Å². The molecule has 1 fully saturated rings. The smallest absolute Gasteiger partial charge is 0.0537 e. The standard InChI is InChI=1S/C32H35N/c1-22-8-6-10-24(18-22)26-14-16-31-29(20-26)30-21-27(25-11-7-9-23(2)19-25)15-17-32(30)33(31)28-12-4-3-5-13-28/h3-5,10,12-18,21,23,25-26H,6-9,11,19-20H2,1-2H3. The zero-order valence-corrected chi connectivity index (χ0v) is 20.1. The molecule has 3 unspecified atom stereocenters. The van der Waals surface area contributed by atoms with Crippen LogP contribution in [0, 0.1) is 11.8 Å². The van der Waals surface area contributed by atoms with Gasteiger partial charge in [-0.05, 0) is 97.9 Å². The van der Waals surface area contributed by atoms with Gasteiger partial charge in [-0.2, -0.15) is 0 Å². The second-order valence-electron chi connectivity index (χ2n) is 10.7. The van der Waals surface area contributed by atoms with Crippen molar-refractivity contribution in [3.8, 4) is 5.69 Å². The van der Waals surface area contributed by atoms with Gasteiger partial charge in [0, 0.05) is 22.7 Å². The zero-order chi connectivity index (χ0) is 22.4. The second kappa shape index (κ2) is 8.52. The van der Waals surface area contributed by atoms with E-state index in [4.69, 9.17) is 0 Å². The molecule has 0 N–H and O–H groups in total. The van der Waals surface area contributed by atoms with E-state index in [1.165, 1.54) is 77.5 Å². The summed E-state index contributed by atoms with van der Waals surface area (Å²) in [7, 11) is 0. The minimum absolute atomic E-state index is 0.487. The molecule has 1 heterocycles. The van der Waals surface area contributed by atoms with Crippen LogP contribution in [0.3, 0.4) is 0 Å². The van der Waals surface area contributed by atoms with Crippen LogP contribution in [0.15, 0.2) is 77.9 Å². The van der Waals surface area contributed by atoms with Gasteiger partial charge in [0.05, 0.1) is 5.52 Å². The first kappa shape index (κ1) is 20.8. The summed E-state index contributed by atoms with van der Waals surface area (Å²) in [5.41, 5.74) is 10.1. The molecule has 33 heavy (non-hydrogen) atoms. The summed E-state index contributed by atoms with van der Waals surface area (Å²) in [6.07, 6.45) is 18.7. The highest BCUT2D eigenvalue weighted by Gasteiger charge is 2.26. The van der Waals surface area contributed by atoms with E-state index in [1.807, 2.05) is 0 Å². The molecule has 3 atom stereocenters. The maximum atomic E-state index is 2.56. The molecule has 1 nitrogen and oxygen atoms in total. The topological polar surface area (TPSA) is 4.93 Å². The van der Waals surface area contributed by atoms with E-state index < -0.39 is 0 Å². The van der Waals surface area contributed by atoms with Crippen LogP contribution in [-0.4, -0.2) is 4.57 Å². The number of hydrogen-bond acceptors (Lipinski definition) is 0. The molecule has 3 aromatic rings. The summed E-state index contributed by atoms with van der Waals surface area (Å²) in [6, 6.07) is 18.3. The summed E-state index contributed by atoms with van der Waals surface area (Å²) >= 11 is 0. The number of aromatic nitrogens is 1. The molecular weight excluding hydrogens is 398 g/mol. The molecule has 1 saturated carbocycles. The van der Waals surface area contributed by atoms with Crippen LogP contribution in [0.4, 0.5) is 0 Å². The molecule has 0 saturated heterocycles. The van der Waals surface area contributed by atoms with Gasteiger partial charge in [-0.1, -0.05) is 67.8 Å². The molecule has 3 aliphatic carbocycles. The highest BCUT2D eigenvalue weighted by atomic mass is 15.0. The lowest BCUT2D eigenvalue weighted by atomic mass is 9.78. The Hall–Kier alpha value is -2.80. The minimum atomic E-state index is 0.487. The van der Waals surface area contributed by atoms with E-state index in [0.29, 0.717) is 5.92 Å². The van der Waals surface area contributed by atoms with Gasteiger partial charge in [-0.15, -0.1) is 0 Å². The van der Waals surface area contributed by atoms with Crippen LogP contribution in [0.2, 0.25) is 0 Å². The lowest BCUT2D eigenvalue weighted by molar-refractivity contribution is 0.344. The van der Waals surface area contributed by atoms with Crippen molar-refractivity contribution in [1.82, 2.24) is 4.57 Å². The summed E-state index contributed by atoms with van der Waals surface area (Å²) in [6.45, 7) is 4.71. The average Bonchev–Trinajstić information content (AvgIpc) is 3.17. The molecule has 1 aromatic heterocycles. The van der Waals surface area contributed by atoms with Crippen LogP contribution >= 0.6 is 0 Å². The Balaban J connectivity index is 1.48. The average molecular weight is 434 g/mol. The molecule has 0 aliphatic heterocycles. The van der Waals surface area contributed by atoms with Crippen molar-refractivity contribution >= 4 is 17.0 Å². The van der Waals surface area contributed by atoms with E-state index in [1.54, 1.807) is 5.56 Å². The minimum Gasteiger partial charge on any atom is -0.310 e. The fourth-order valence-corrected chi connectivity index (χ4v) is 6.49. The van der Waals surface area contributed by atoms with Crippen LogP contribution in [0.25, 0.3) is 22.7 Å². The van der Waals surface area contributed by atoms with Crippen LogP contribution in [0.1, 0.15) is 75.1 Å². The Morgan fingerprint density at radius 3 is 2.70 bits per heavy atom. The molecule has 168 valence electrons. The van der Waals surface area contributed by atoms with E-state index in [2.05, 4.69) is 91.2 Å². The highest BCUT2D eigenvalue weighted by molar-refractivity contribution is 5.91. The number of fused-ring (bicyclic) bond motifs is 3. The highest BCUT2D eigenvalue weighted by Crippen LogP contribution is 2.41. The van der Waals surface area contributed by atoms with E-state index >= 15 is 0 Å². The third-order valence-corrected chi connectivity index (χ3v) is 8.23. The van der Waals surface area contributed by atoms with Gasteiger partial charge >= 0.3 is 0 Å². The van der Waals surface area contributed by atoms with Gasteiger partial charge in [-0.3, -0.25) is 0 Å². The van der Waals surface area contributed by atoms with Crippen molar-refractivity contribution in [2.75, 3.05) is 0 Å². The Labute approximate surface area is 198 Å². The van der Waals surface area contributed by atoms with Gasteiger partial charge in [-0.25, -0.2) is 0 Å². The maximum Gasteiger partial charge on any atom is 0.0537 e. The Morgan fingerprint density at radius 2 is 1.88 bits per heavy atom. The predicted molar refractivity (Wildman–Crippen MR) is 141 cm³/mol. The van der Waals surface area contributed by atoms with Crippen molar-refractivity contribution in [3.05, 3.63) is 94.7 Å². The lowest BCUT2D eigenvalue weighted by Crippen LogP contribution is -2.12. The van der Waals surface area contributed by atoms with Crippen LogP contribution in [0.5, 0.6) is 0 Å². The summed E-state index contributed by atoms with van der Waals surface area (Å²) in [4.78, 5) is 0. The largest absolute Gasteiger partial charge is 0.310 e. The van der Waals surface area contributed by atoms with E-state index in [-0.39, 0.29) is 0 Å². The number of rotatable bonds is 3. The van der Waals surface area contributed by atoms with Crippen molar-refractivity contribution in [1.29, 1.82) is 0 Å². The molecule has 0 radical (unpaired) electrons. The van der Waals surface area contributed by atoms with Gasteiger partial charge in [0.2, 0.25) is 0 Å². The summed E-state index contributed by atoms with van der Waals surface area (Å²) in [5.74, 6) is 2.05. The zero-order valence-electron chi connectivity index (χ0n) is 20.1. The Morgan fingerprint density at radius 1 is 1.00 bits per heavy atom. The number of benzene rings is 2. The molecule has 1 heteroatoms. The van der Waals surface area contributed by atoms with Crippen molar-refractivity contribution in [3.63, 3.8) is 0 Å². The van der Waals surface area contributed by atoms with Crippen LogP contribution in [-0.2, 0) is 6.42 Å². The van der Waals surface area contributed by atoms with Gasteiger partial charge in [0.1, 0.15) is 0 Å². The molecular formula is C32H35N. The number of hydrogen-bond donors (Lipinski definition) is 0. The van der Waals surface area contributed by atoms with Gasteiger partial charge < -0.3 is 4.57 Å². The maximum absolute atomic E-state index is 2.56. The molecule has 2 aromatic carbocycles. The van der Waals surface area contributed by atoms with Crippen molar-refractivity contribution in [2.24, 2.45) is 11.8 Å². The third kappa shape index (κ3) is 3.82. The fraction of sp³-hybridized carbons (Fsp3) is 0.375. The number of allylic oxidation sites excluding steroid dienone is 5. The number of para-hydroxylation sites is 1. The molecule has 6 rings (SSSR count). The van der Waals surface area contributed by atoms with Crippen LogP contribution < -0.4 is 0 Å². The Kier molecular flexibility index (Phi) is 5.37. The molecule has 0 spiro atoms. The normalized spacial score (nSPS) is 25.0. The Bertz CT molecular complexity index is 1270. The lowest BCUT2D eigenvalue weighted by Gasteiger charge is -2.27. The summed E-state index contributed by atoms with van der Waals surface area (Å²) < 4.78 is 2.49. The SMILES string of the molecule is CC1=CC(C2C=Cc3c(c4cc(C5CCCC(C)C5)ccc4n3-c3ccccc3)C2)=CCC1. The monoisotopic (exact) mass is 433 g/mol.